The molecule has 0 heterocycles. The van der Waals surface area contributed by atoms with Gasteiger partial charge in [0.15, 0.2) is 0 Å². The Kier molecular flexibility index (Phi) is 8.27. The molecule has 7 heteroatoms. The molecule has 1 aromatic rings. The predicted octanol–water partition coefficient (Wildman–Crippen LogP) is 2.63. The van der Waals surface area contributed by atoms with Crippen molar-refractivity contribution in [1.29, 1.82) is 0 Å². The van der Waals surface area contributed by atoms with E-state index in [-0.39, 0.29) is 29.1 Å². The second-order valence-corrected chi connectivity index (χ2v) is 8.94. The molecule has 0 spiro atoms. The van der Waals surface area contributed by atoms with Crippen molar-refractivity contribution in [2.45, 2.75) is 64.8 Å². The minimum Gasteiger partial charge on any atom is -0.344 e. The summed E-state index contributed by atoms with van der Waals surface area (Å²) in [5.41, 5.74) is 0.897. The van der Waals surface area contributed by atoms with Gasteiger partial charge in [-0.25, -0.2) is 13.1 Å². The van der Waals surface area contributed by atoms with Gasteiger partial charge in [-0.1, -0.05) is 53.2 Å². The van der Waals surface area contributed by atoms with E-state index in [1.165, 1.54) is 6.07 Å². The van der Waals surface area contributed by atoms with E-state index in [1.807, 2.05) is 26.8 Å². The van der Waals surface area contributed by atoms with Crippen LogP contribution in [0.4, 0.5) is 0 Å². The van der Waals surface area contributed by atoms with Crippen LogP contribution in [0.5, 0.6) is 0 Å². The van der Waals surface area contributed by atoms with Crippen LogP contribution in [0.25, 0.3) is 0 Å². The van der Waals surface area contributed by atoms with Crippen molar-refractivity contribution >= 4 is 21.8 Å². The van der Waals surface area contributed by atoms with Crippen LogP contribution >= 0.6 is 0 Å². The van der Waals surface area contributed by atoms with Gasteiger partial charge in [0.05, 0.1) is 4.90 Å². The van der Waals surface area contributed by atoms with Gasteiger partial charge in [0, 0.05) is 6.42 Å². The number of amides is 2. The third-order valence-electron chi connectivity index (χ3n) is 3.84. The van der Waals surface area contributed by atoms with E-state index in [9.17, 15) is 18.0 Å². The molecule has 0 saturated carbocycles. The zero-order valence-corrected chi connectivity index (χ0v) is 17.0. The standard InChI is InChI=1S/C19H30N2O4S/c1-6-8-15-9-7-10-16(12-15)26(24,25)21-19(23)18(14(4)5)20-17(22)11-13(2)3/h7,9-10,12-14,18H,6,8,11H2,1-5H3,(H,20,22)(H,21,23). The fraction of sp³-hybridized carbons (Fsp3) is 0.579. The SMILES string of the molecule is CCCc1cccc(S(=O)(=O)NC(=O)C(NC(=O)CC(C)C)C(C)C)c1. The lowest BCUT2D eigenvalue weighted by atomic mass is 10.0. The van der Waals surface area contributed by atoms with Crippen LogP contribution in [0.1, 0.15) is 53.0 Å². The highest BCUT2D eigenvalue weighted by Crippen LogP contribution is 2.14. The first-order valence-electron chi connectivity index (χ1n) is 9.01. The predicted molar refractivity (Wildman–Crippen MR) is 102 cm³/mol. The van der Waals surface area contributed by atoms with E-state index in [4.69, 9.17) is 0 Å². The van der Waals surface area contributed by atoms with Crippen LogP contribution in [0.15, 0.2) is 29.2 Å². The normalized spacial score (nSPS) is 12.9. The molecule has 146 valence electrons. The van der Waals surface area contributed by atoms with Crippen molar-refractivity contribution in [3.8, 4) is 0 Å². The molecule has 0 aromatic heterocycles. The van der Waals surface area contributed by atoms with E-state index in [2.05, 4.69) is 10.0 Å². The molecule has 1 aromatic carbocycles. The Morgan fingerprint density at radius 1 is 1.12 bits per heavy atom. The fourth-order valence-corrected chi connectivity index (χ4v) is 3.62. The molecule has 26 heavy (non-hydrogen) atoms. The molecule has 2 N–H and O–H groups in total. The Morgan fingerprint density at radius 2 is 1.77 bits per heavy atom. The molecule has 2 amide bonds. The largest absolute Gasteiger partial charge is 0.344 e. The molecule has 0 aliphatic heterocycles. The molecule has 0 radical (unpaired) electrons. The third-order valence-corrected chi connectivity index (χ3v) is 5.19. The monoisotopic (exact) mass is 382 g/mol. The van der Waals surface area contributed by atoms with Crippen molar-refractivity contribution in [1.82, 2.24) is 10.0 Å². The Bertz CT molecular complexity index is 727. The molecular weight excluding hydrogens is 352 g/mol. The lowest BCUT2D eigenvalue weighted by molar-refractivity contribution is -0.129. The first-order valence-corrected chi connectivity index (χ1v) is 10.5. The van der Waals surface area contributed by atoms with Crippen molar-refractivity contribution in [3.63, 3.8) is 0 Å². The average Bonchev–Trinajstić information content (AvgIpc) is 2.51. The summed E-state index contributed by atoms with van der Waals surface area (Å²) >= 11 is 0. The van der Waals surface area contributed by atoms with Crippen molar-refractivity contribution in [3.05, 3.63) is 29.8 Å². The molecular formula is C19H30N2O4S. The summed E-state index contributed by atoms with van der Waals surface area (Å²) in [5.74, 6) is -1.09. The highest BCUT2D eigenvalue weighted by Gasteiger charge is 2.28. The second-order valence-electron chi connectivity index (χ2n) is 7.25. The molecule has 1 atom stereocenters. The van der Waals surface area contributed by atoms with E-state index in [0.717, 1.165) is 18.4 Å². The number of aryl methyl sites for hydroxylation is 1. The zero-order valence-electron chi connectivity index (χ0n) is 16.2. The van der Waals surface area contributed by atoms with Crippen molar-refractivity contribution < 1.29 is 18.0 Å². The van der Waals surface area contributed by atoms with E-state index in [1.54, 1.807) is 26.0 Å². The number of carbonyl (C=O) groups is 2. The zero-order chi connectivity index (χ0) is 19.9. The molecule has 0 aliphatic carbocycles. The van der Waals surface area contributed by atoms with Gasteiger partial charge in [0.1, 0.15) is 6.04 Å². The Labute approximate surface area is 156 Å². The van der Waals surface area contributed by atoms with Crippen LogP contribution in [-0.4, -0.2) is 26.3 Å². The average molecular weight is 383 g/mol. The second kappa shape index (κ2) is 9.71. The van der Waals surface area contributed by atoms with Gasteiger partial charge in [0.2, 0.25) is 5.91 Å². The van der Waals surface area contributed by atoms with Gasteiger partial charge >= 0.3 is 0 Å². The summed E-state index contributed by atoms with van der Waals surface area (Å²) in [5, 5.41) is 2.64. The molecule has 0 bridgehead atoms. The highest BCUT2D eigenvalue weighted by atomic mass is 32.2. The van der Waals surface area contributed by atoms with Crippen LogP contribution in [0, 0.1) is 11.8 Å². The maximum atomic E-state index is 12.5. The van der Waals surface area contributed by atoms with Gasteiger partial charge in [-0.3, -0.25) is 9.59 Å². The maximum absolute atomic E-state index is 12.5. The number of hydrogen-bond donors (Lipinski definition) is 2. The van der Waals surface area contributed by atoms with Crippen LogP contribution in [0.2, 0.25) is 0 Å². The smallest absolute Gasteiger partial charge is 0.264 e. The minimum absolute atomic E-state index is 0.0489. The number of rotatable bonds is 9. The van der Waals surface area contributed by atoms with Crippen LogP contribution in [-0.2, 0) is 26.0 Å². The molecule has 0 saturated heterocycles. The first-order chi connectivity index (χ1) is 12.1. The van der Waals surface area contributed by atoms with E-state index >= 15 is 0 Å². The summed E-state index contributed by atoms with van der Waals surface area (Å²) in [6.07, 6.45) is 1.94. The topological polar surface area (TPSA) is 92.3 Å². The number of nitrogens with one attached hydrogen (secondary N) is 2. The summed E-state index contributed by atoms with van der Waals surface area (Å²) in [6, 6.07) is 5.63. The van der Waals surface area contributed by atoms with Crippen molar-refractivity contribution in [2.75, 3.05) is 0 Å². The minimum atomic E-state index is -3.99. The van der Waals surface area contributed by atoms with Gasteiger partial charge in [-0.15, -0.1) is 0 Å². The third kappa shape index (κ3) is 6.78. The molecule has 1 rings (SSSR count). The number of sulfonamides is 1. The quantitative estimate of drug-likeness (QED) is 0.687. The maximum Gasteiger partial charge on any atom is 0.264 e. The number of carbonyl (C=O) groups excluding carboxylic acids is 2. The summed E-state index contributed by atoms with van der Waals surface area (Å²) in [4.78, 5) is 24.5. The Hall–Kier alpha value is -1.89. The molecule has 0 fully saturated rings. The van der Waals surface area contributed by atoms with Crippen LogP contribution < -0.4 is 10.0 Å². The van der Waals surface area contributed by atoms with Gasteiger partial charge in [-0.05, 0) is 36.0 Å². The lowest BCUT2D eigenvalue weighted by Gasteiger charge is -2.22. The number of benzene rings is 1. The molecule has 1 unspecified atom stereocenters. The van der Waals surface area contributed by atoms with Crippen LogP contribution in [0.3, 0.4) is 0 Å². The summed E-state index contributed by atoms with van der Waals surface area (Å²) in [6.45, 7) is 9.33. The fourth-order valence-electron chi connectivity index (χ4n) is 2.55. The van der Waals surface area contributed by atoms with Crippen molar-refractivity contribution in [2.24, 2.45) is 11.8 Å². The van der Waals surface area contributed by atoms with E-state index < -0.39 is 22.0 Å². The summed E-state index contributed by atoms with van der Waals surface area (Å²) < 4.78 is 27.2. The van der Waals surface area contributed by atoms with Gasteiger partial charge in [-0.2, -0.15) is 0 Å². The summed E-state index contributed by atoms with van der Waals surface area (Å²) in [7, 11) is -3.99. The number of hydrogen-bond acceptors (Lipinski definition) is 4. The highest BCUT2D eigenvalue weighted by molar-refractivity contribution is 7.90. The van der Waals surface area contributed by atoms with Gasteiger partial charge in [0.25, 0.3) is 15.9 Å². The molecule has 6 nitrogen and oxygen atoms in total. The first kappa shape index (κ1) is 22.2. The van der Waals surface area contributed by atoms with Gasteiger partial charge < -0.3 is 5.32 Å². The Balaban J connectivity index is 2.93. The molecule has 0 aliphatic rings. The lowest BCUT2D eigenvalue weighted by Crippen LogP contribution is -2.51. The van der Waals surface area contributed by atoms with E-state index in [0.29, 0.717) is 0 Å². The Morgan fingerprint density at radius 3 is 2.31 bits per heavy atom.